The molecule has 3 amide bonds. The monoisotopic (exact) mass is 371 g/mol. The van der Waals surface area contributed by atoms with Crippen molar-refractivity contribution in [1.82, 2.24) is 10.6 Å². The molecule has 0 fully saturated rings. The molecule has 5 nitrogen and oxygen atoms in total. The zero-order valence-corrected chi connectivity index (χ0v) is 15.9. The largest absolute Gasteiger partial charge is 0.353 e. The number of urea groups is 1. The van der Waals surface area contributed by atoms with Crippen LogP contribution in [0.5, 0.6) is 0 Å². The van der Waals surface area contributed by atoms with Crippen molar-refractivity contribution < 1.29 is 9.59 Å². The van der Waals surface area contributed by atoms with Gasteiger partial charge >= 0.3 is 6.03 Å². The molecule has 138 valence electrons. The predicted octanol–water partition coefficient (Wildman–Crippen LogP) is 3.55. The maximum absolute atomic E-state index is 12.0. The Balaban J connectivity index is 1.60. The number of anilines is 1. The fourth-order valence-electron chi connectivity index (χ4n) is 2.22. The molecular weight excluding hydrogens is 346 g/mol. The lowest BCUT2D eigenvalue weighted by Gasteiger charge is -2.14. The molecular formula is C20H25N3O2S. The number of carbonyl (C=O) groups excluding carboxylic acids is 2. The van der Waals surface area contributed by atoms with E-state index in [9.17, 15) is 9.59 Å². The van der Waals surface area contributed by atoms with Gasteiger partial charge in [-0.15, -0.1) is 0 Å². The number of benzene rings is 2. The second-order valence-corrected chi connectivity index (χ2v) is 7.12. The molecule has 0 aliphatic heterocycles. The molecule has 2 aromatic carbocycles. The van der Waals surface area contributed by atoms with Gasteiger partial charge in [0.1, 0.15) is 6.04 Å². The number of hydrogen-bond donors (Lipinski definition) is 3. The van der Waals surface area contributed by atoms with Crippen molar-refractivity contribution in [2.24, 2.45) is 0 Å². The normalized spacial score (nSPS) is 11.5. The molecule has 0 radical (unpaired) electrons. The number of nitrogens with one attached hydrogen (secondary N) is 3. The van der Waals surface area contributed by atoms with Crippen LogP contribution < -0.4 is 16.0 Å². The first-order chi connectivity index (χ1) is 12.5. The smallest absolute Gasteiger partial charge is 0.319 e. The summed E-state index contributed by atoms with van der Waals surface area (Å²) in [5.74, 6) is 1.55. The van der Waals surface area contributed by atoms with Crippen LogP contribution in [0, 0.1) is 6.92 Å². The first kappa shape index (κ1) is 19.8. The van der Waals surface area contributed by atoms with E-state index in [0.717, 1.165) is 11.5 Å². The highest BCUT2D eigenvalue weighted by Crippen LogP contribution is 2.12. The molecule has 2 aromatic rings. The third-order valence-electron chi connectivity index (χ3n) is 3.71. The summed E-state index contributed by atoms with van der Waals surface area (Å²) in [6.07, 6.45) is 0. The average molecular weight is 372 g/mol. The minimum Gasteiger partial charge on any atom is -0.353 e. The quantitative estimate of drug-likeness (QED) is 0.622. The van der Waals surface area contributed by atoms with Crippen LogP contribution in [0.15, 0.2) is 54.6 Å². The van der Waals surface area contributed by atoms with Gasteiger partial charge in [-0.25, -0.2) is 4.79 Å². The van der Waals surface area contributed by atoms with E-state index < -0.39 is 12.1 Å². The highest BCUT2D eigenvalue weighted by Gasteiger charge is 2.14. The summed E-state index contributed by atoms with van der Waals surface area (Å²) in [6.45, 7) is 4.31. The van der Waals surface area contributed by atoms with Crippen molar-refractivity contribution in [3.05, 3.63) is 65.7 Å². The Labute approximate surface area is 159 Å². The predicted molar refractivity (Wildman–Crippen MR) is 108 cm³/mol. The average Bonchev–Trinajstić information content (AvgIpc) is 2.63. The fraction of sp³-hybridized carbons (Fsp3) is 0.300. The van der Waals surface area contributed by atoms with Crippen molar-refractivity contribution in [1.29, 1.82) is 0 Å². The second kappa shape index (κ2) is 10.5. The van der Waals surface area contributed by atoms with Gasteiger partial charge in [-0.1, -0.05) is 48.0 Å². The molecule has 0 saturated carbocycles. The Bertz CT molecular complexity index is 705. The van der Waals surface area contributed by atoms with Crippen molar-refractivity contribution >= 4 is 29.4 Å². The second-order valence-electron chi connectivity index (χ2n) is 6.02. The molecule has 3 N–H and O–H groups in total. The Morgan fingerprint density at radius 1 is 1.04 bits per heavy atom. The Hall–Kier alpha value is -2.47. The first-order valence-electron chi connectivity index (χ1n) is 8.58. The van der Waals surface area contributed by atoms with Gasteiger partial charge in [-0.05, 0) is 31.5 Å². The van der Waals surface area contributed by atoms with Gasteiger partial charge in [-0.3, -0.25) is 4.79 Å². The molecule has 26 heavy (non-hydrogen) atoms. The summed E-state index contributed by atoms with van der Waals surface area (Å²) in [5.41, 5.74) is 3.22. The van der Waals surface area contributed by atoms with E-state index in [2.05, 4.69) is 47.1 Å². The van der Waals surface area contributed by atoms with Gasteiger partial charge in [0.25, 0.3) is 0 Å². The van der Waals surface area contributed by atoms with Gasteiger partial charge < -0.3 is 16.0 Å². The molecule has 0 aliphatic rings. The minimum absolute atomic E-state index is 0.191. The molecule has 2 rings (SSSR count). The van der Waals surface area contributed by atoms with Crippen LogP contribution in [0.2, 0.25) is 0 Å². The number of thioether (sulfide) groups is 1. The van der Waals surface area contributed by atoms with E-state index in [4.69, 9.17) is 0 Å². The Kier molecular flexibility index (Phi) is 8.02. The molecule has 0 aliphatic carbocycles. The molecule has 0 heterocycles. The van der Waals surface area contributed by atoms with E-state index in [-0.39, 0.29) is 5.91 Å². The lowest BCUT2D eigenvalue weighted by atomic mass is 10.2. The number of rotatable bonds is 8. The van der Waals surface area contributed by atoms with Crippen molar-refractivity contribution in [3.63, 3.8) is 0 Å². The van der Waals surface area contributed by atoms with Crippen LogP contribution in [0.1, 0.15) is 18.1 Å². The highest BCUT2D eigenvalue weighted by atomic mass is 32.2. The van der Waals surface area contributed by atoms with Crippen molar-refractivity contribution in [2.75, 3.05) is 17.6 Å². The zero-order chi connectivity index (χ0) is 18.8. The highest BCUT2D eigenvalue weighted by molar-refractivity contribution is 7.98. The maximum Gasteiger partial charge on any atom is 0.319 e. The third kappa shape index (κ3) is 7.19. The molecule has 0 bridgehead atoms. The van der Waals surface area contributed by atoms with Gasteiger partial charge in [0.05, 0.1) is 0 Å². The van der Waals surface area contributed by atoms with E-state index >= 15 is 0 Å². The van der Waals surface area contributed by atoms with Crippen LogP contribution in [0.4, 0.5) is 10.5 Å². The van der Waals surface area contributed by atoms with Crippen LogP contribution in [0.3, 0.4) is 0 Å². The number of amides is 3. The van der Waals surface area contributed by atoms with E-state index in [1.165, 1.54) is 11.1 Å². The summed E-state index contributed by atoms with van der Waals surface area (Å²) in [5, 5.41) is 8.17. The molecule has 0 spiro atoms. The number of carbonyl (C=O) groups is 2. The van der Waals surface area contributed by atoms with E-state index in [0.29, 0.717) is 12.2 Å². The lowest BCUT2D eigenvalue weighted by molar-refractivity contribution is -0.122. The summed E-state index contributed by atoms with van der Waals surface area (Å²) in [4.78, 5) is 23.9. The number of aryl methyl sites for hydroxylation is 1. The van der Waals surface area contributed by atoms with Crippen molar-refractivity contribution in [3.8, 4) is 0 Å². The Morgan fingerprint density at radius 3 is 2.42 bits per heavy atom. The fourth-order valence-corrected chi connectivity index (χ4v) is 3.04. The zero-order valence-electron chi connectivity index (χ0n) is 15.1. The summed E-state index contributed by atoms with van der Waals surface area (Å²) < 4.78 is 0. The summed E-state index contributed by atoms with van der Waals surface area (Å²) >= 11 is 1.77. The molecule has 0 unspecified atom stereocenters. The molecule has 6 heteroatoms. The topological polar surface area (TPSA) is 70.2 Å². The number of para-hydroxylation sites is 1. The Morgan fingerprint density at radius 2 is 1.73 bits per heavy atom. The van der Waals surface area contributed by atoms with E-state index in [1.54, 1.807) is 30.8 Å². The first-order valence-corrected chi connectivity index (χ1v) is 9.73. The van der Waals surface area contributed by atoms with Gasteiger partial charge in [0.15, 0.2) is 0 Å². The van der Waals surface area contributed by atoms with Gasteiger partial charge in [0.2, 0.25) is 5.91 Å². The van der Waals surface area contributed by atoms with Crippen LogP contribution in [-0.2, 0) is 10.5 Å². The van der Waals surface area contributed by atoms with Crippen LogP contribution in [-0.4, -0.2) is 30.3 Å². The summed E-state index contributed by atoms with van der Waals surface area (Å²) in [6, 6.07) is 16.6. The molecule has 0 aromatic heterocycles. The van der Waals surface area contributed by atoms with Crippen LogP contribution >= 0.6 is 11.8 Å². The summed E-state index contributed by atoms with van der Waals surface area (Å²) in [7, 11) is 0. The molecule has 1 atom stereocenters. The van der Waals surface area contributed by atoms with Gasteiger partial charge in [0, 0.05) is 23.7 Å². The van der Waals surface area contributed by atoms with E-state index in [1.807, 2.05) is 18.2 Å². The van der Waals surface area contributed by atoms with Crippen LogP contribution in [0.25, 0.3) is 0 Å². The van der Waals surface area contributed by atoms with Gasteiger partial charge in [-0.2, -0.15) is 11.8 Å². The van der Waals surface area contributed by atoms with Crippen molar-refractivity contribution in [2.45, 2.75) is 25.6 Å². The lowest BCUT2D eigenvalue weighted by Crippen LogP contribution is -2.46. The number of hydrogen-bond acceptors (Lipinski definition) is 3. The SMILES string of the molecule is Cc1ccc(CSCCNC(=O)[C@@H](C)NC(=O)Nc2ccccc2)cc1. The molecule has 0 saturated heterocycles. The maximum atomic E-state index is 12.0. The third-order valence-corrected chi connectivity index (χ3v) is 4.74. The minimum atomic E-state index is -0.596. The standard InChI is InChI=1S/C20H25N3O2S/c1-15-8-10-17(11-9-15)14-26-13-12-21-19(24)16(2)22-20(25)23-18-6-4-3-5-7-18/h3-11,16H,12-14H2,1-2H3,(H,21,24)(H2,22,23,25)/t16-/m1/s1.